The van der Waals surface area contributed by atoms with Crippen molar-refractivity contribution in [1.82, 2.24) is 0 Å². The predicted octanol–water partition coefficient (Wildman–Crippen LogP) is 3.46. The zero-order valence-electron chi connectivity index (χ0n) is 15.5. The summed E-state index contributed by atoms with van der Waals surface area (Å²) in [7, 11) is 0. The van der Waals surface area contributed by atoms with Crippen LogP contribution in [0.15, 0.2) is 91.0 Å². The van der Waals surface area contributed by atoms with Crippen LogP contribution in [-0.4, -0.2) is 35.3 Å². The Morgan fingerprint density at radius 3 is 1.54 bits per heavy atom. The fourth-order valence-corrected chi connectivity index (χ4v) is 3.83. The van der Waals surface area contributed by atoms with Crippen LogP contribution in [0.25, 0.3) is 0 Å². The number of hydrogen-bond donors (Lipinski definition) is 2. The van der Waals surface area contributed by atoms with Gasteiger partial charge < -0.3 is 19.7 Å². The molecule has 0 amide bonds. The Labute approximate surface area is 165 Å². The Bertz CT molecular complexity index is 770. The molecule has 3 atom stereocenters. The smallest absolute Gasteiger partial charge is 0.157 e. The summed E-state index contributed by atoms with van der Waals surface area (Å²) in [5, 5.41) is 19.9. The highest BCUT2D eigenvalue weighted by atomic mass is 16.6. The molecule has 0 saturated carbocycles. The number of ether oxygens (including phenoxy) is 2. The van der Waals surface area contributed by atoms with E-state index in [0.29, 0.717) is 0 Å². The van der Waals surface area contributed by atoms with Gasteiger partial charge >= 0.3 is 0 Å². The average molecular weight is 376 g/mol. The van der Waals surface area contributed by atoms with Crippen molar-refractivity contribution in [3.05, 3.63) is 108 Å². The van der Waals surface area contributed by atoms with Gasteiger partial charge in [0.2, 0.25) is 0 Å². The molecular formula is C24H24O4. The normalized spacial score (nSPS) is 22.3. The zero-order chi connectivity index (χ0) is 19.4. The average Bonchev–Trinajstić information content (AvgIpc) is 3.08. The third-order valence-electron chi connectivity index (χ3n) is 5.21. The van der Waals surface area contributed by atoms with E-state index in [0.717, 1.165) is 16.7 Å². The van der Waals surface area contributed by atoms with Crippen molar-refractivity contribution < 1.29 is 19.7 Å². The maximum Gasteiger partial charge on any atom is 0.157 e. The van der Waals surface area contributed by atoms with Crippen molar-refractivity contribution in [2.45, 2.75) is 30.5 Å². The molecule has 4 heteroatoms. The van der Waals surface area contributed by atoms with Crippen molar-refractivity contribution >= 4 is 0 Å². The molecule has 0 aromatic heterocycles. The quantitative estimate of drug-likeness (QED) is 0.647. The van der Waals surface area contributed by atoms with Gasteiger partial charge in [-0.05, 0) is 16.7 Å². The van der Waals surface area contributed by atoms with Crippen LogP contribution in [0.1, 0.15) is 23.1 Å². The molecule has 3 aromatic rings. The minimum Gasteiger partial charge on any atom is -0.390 e. The molecule has 0 spiro atoms. The van der Waals surface area contributed by atoms with Crippen molar-refractivity contribution in [2.24, 2.45) is 0 Å². The number of rotatable bonds is 6. The predicted molar refractivity (Wildman–Crippen MR) is 107 cm³/mol. The van der Waals surface area contributed by atoms with E-state index >= 15 is 0 Å². The Morgan fingerprint density at radius 2 is 1.18 bits per heavy atom. The molecule has 0 aliphatic carbocycles. The molecule has 4 rings (SSSR count). The molecular weight excluding hydrogens is 352 g/mol. The fraction of sp³-hybridized carbons (Fsp3) is 0.250. The van der Waals surface area contributed by atoms with Crippen molar-refractivity contribution in [1.29, 1.82) is 0 Å². The van der Waals surface area contributed by atoms with E-state index in [9.17, 15) is 10.2 Å². The highest BCUT2D eigenvalue weighted by molar-refractivity contribution is 5.47. The summed E-state index contributed by atoms with van der Waals surface area (Å²) in [5.41, 5.74) is 2.10. The largest absolute Gasteiger partial charge is 0.390 e. The monoisotopic (exact) mass is 376 g/mol. The Hall–Kier alpha value is -2.50. The van der Waals surface area contributed by atoms with Crippen LogP contribution in [-0.2, 0) is 15.1 Å². The van der Waals surface area contributed by atoms with Gasteiger partial charge in [0.1, 0.15) is 11.7 Å². The zero-order valence-corrected chi connectivity index (χ0v) is 15.5. The highest BCUT2D eigenvalue weighted by Gasteiger charge is 2.40. The van der Waals surface area contributed by atoms with Gasteiger partial charge in [0.05, 0.1) is 12.7 Å². The summed E-state index contributed by atoms with van der Waals surface area (Å²) in [4.78, 5) is 0. The molecule has 0 unspecified atom stereocenters. The highest BCUT2D eigenvalue weighted by Crippen LogP contribution is 2.41. The summed E-state index contributed by atoms with van der Waals surface area (Å²) in [6.07, 6.45) is -2.09. The topological polar surface area (TPSA) is 58.9 Å². The first-order valence-electron chi connectivity index (χ1n) is 9.52. The van der Waals surface area contributed by atoms with E-state index in [1.165, 1.54) is 0 Å². The minimum absolute atomic E-state index is 0.150. The minimum atomic E-state index is -0.955. The van der Waals surface area contributed by atoms with Gasteiger partial charge in [-0.15, -0.1) is 0 Å². The van der Waals surface area contributed by atoms with Gasteiger partial charge in [0.25, 0.3) is 0 Å². The van der Waals surface area contributed by atoms with Crippen molar-refractivity contribution in [3.8, 4) is 0 Å². The van der Waals surface area contributed by atoms with Crippen molar-refractivity contribution in [3.63, 3.8) is 0 Å². The first-order valence-corrected chi connectivity index (χ1v) is 9.52. The molecule has 0 bridgehead atoms. The Balaban J connectivity index is 1.81. The lowest BCUT2D eigenvalue weighted by Gasteiger charge is -2.37. The third kappa shape index (κ3) is 3.60. The molecule has 1 saturated heterocycles. The molecule has 1 aliphatic heterocycles. The second kappa shape index (κ2) is 8.25. The number of aliphatic hydroxyl groups is 2. The first-order chi connectivity index (χ1) is 13.7. The first kappa shape index (κ1) is 18.8. The lowest BCUT2D eigenvalue weighted by atomic mass is 9.80. The number of aliphatic hydroxyl groups excluding tert-OH is 2. The molecule has 3 aromatic carbocycles. The number of hydrogen-bond acceptors (Lipinski definition) is 4. The Morgan fingerprint density at radius 1 is 0.750 bits per heavy atom. The molecule has 2 N–H and O–H groups in total. The molecule has 4 nitrogen and oxygen atoms in total. The molecule has 1 aliphatic rings. The van der Waals surface area contributed by atoms with E-state index in [-0.39, 0.29) is 13.0 Å². The van der Waals surface area contributed by atoms with Crippen LogP contribution in [0.2, 0.25) is 0 Å². The number of benzene rings is 3. The lowest BCUT2D eigenvalue weighted by molar-refractivity contribution is -0.130. The lowest BCUT2D eigenvalue weighted by Crippen LogP contribution is -2.38. The SMILES string of the molecule is O[C@H]1C[C@H](O)[C@@H](COC(c2ccccc2)(c2ccccc2)c2ccccc2)O1. The van der Waals surface area contributed by atoms with Crippen LogP contribution in [0.3, 0.4) is 0 Å². The molecule has 144 valence electrons. The summed E-state index contributed by atoms with van der Waals surface area (Å²) in [6.45, 7) is 0.150. The van der Waals surface area contributed by atoms with Gasteiger partial charge in [-0.2, -0.15) is 0 Å². The Kier molecular flexibility index (Phi) is 5.55. The second-order valence-corrected chi connectivity index (χ2v) is 7.02. The van der Waals surface area contributed by atoms with Gasteiger partial charge in [-0.25, -0.2) is 0 Å². The van der Waals surface area contributed by atoms with Gasteiger partial charge in [0.15, 0.2) is 6.29 Å². The van der Waals surface area contributed by atoms with E-state index < -0.39 is 24.1 Å². The molecule has 1 heterocycles. The van der Waals surface area contributed by atoms with Crippen LogP contribution in [0.5, 0.6) is 0 Å². The standard InChI is InChI=1S/C24H24O4/c25-21-16-23(26)28-22(21)17-27-24(18-10-4-1-5-11-18,19-12-6-2-7-13-19)20-14-8-3-9-15-20/h1-15,21-23,25-26H,16-17H2/t21-,22+,23+/m0/s1. The van der Waals surface area contributed by atoms with Gasteiger partial charge in [-0.1, -0.05) is 91.0 Å². The van der Waals surface area contributed by atoms with Gasteiger partial charge in [0, 0.05) is 6.42 Å². The second-order valence-electron chi connectivity index (χ2n) is 7.02. The van der Waals surface area contributed by atoms with E-state index in [4.69, 9.17) is 9.47 Å². The van der Waals surface area contributed by atoms with E-state index in [2.05, 4.69) is 0 Å². The fourth-order valence-electron chi connectivity index (χ4n) is 3.83. The van der Waals surface area contributed by atoms with E-state index in [1.807, 2.05) is 91.0 Å². The summed E-state index contributed by atoms with van der Waals surface area (Å²) in [6, 6.07) is 30.1. The van der Waals surface area contributed by atoms with Crippen LogP contribution >= 0.6 is 0 Å². The van der Waals surface area contributed by atoms with E-state index in [1.54, 1.807) is 0 Å². The summed E-state index contributed by atoms with van der Waals surface area (Å²) in [5.74, 6) is 0. The maximum atomic E-state index is 10.2. The molecule has 0 radical (unpaired) electrons. The maximum absolute atomic E-state index is 10.2. The van der Waals surface area contributed by atoms with Crippen LogP contribution < -0.4 is 0 Å². The molecule has 1 fully saturated rings. The summed E-state index contributed by atoms with van der Waals surface area (Å²) >= 11 is 0. The van der Waals surface area contributed by atoms with Gasteiger partial charge in [-0.3, -0.25) is 0 Å². The third-order valence-corrected chi connectivity index (χ3v) is 5.21. The van der Waals surface area contributed by atoms with Crippen LogP contribution in [0.4, 0.5) is 0 Å². The van der Waals surface area contributed by atoms with Crippen molar-refractivity contribution in [2.75, 3.05) is 6.61 Å². The summed E-state index contributed by atoms with van der Waals surface area (Å²) < 4.78 is 12.1. The van der Waals surface area contributed by atoms with Crippen LogP contribution in [0, 0.1) is 0 Å². The molecule has 28 heavy (non-hydrogen) atoms.